The number of ether oxygens (including phenoxy) is 3. The third-order valence-electron chi connectivity index (χ3n) is 4.90. The molecule has 7 nitrogen and oxygen atoms in total. The van der Waals surface area contributed by atoms with Gasteiger partial charge in [0.05, 0.1) is 12.8 Å². The van der Waals surface area contributed by atoms with Crippen LogP contribution >= 0.6 is 0 Å². The largest absolute Gasteiger partial charge is 0.573 e. The molecule has 1 aromatic heterocycles. The van der Waals surface area contributed by atoms with Crippen LogP contribution in [0.5, 0.6) is 11.6 Å². The first kappa shape index (κ1) is 22.4. The lowest BCUT2D eigenvalue weighted by atomic mass is 10.2. The maximum absolute atomic E-state index is 12.4. The molecule has 33 heavy (non-hydrogen) atoms. The predicted octanol–water partition coefficient (Wildman–Crippen LogP) is 4.83. The van der Waals surface area contributed by atoms with Crippen LogP contribution in [0.2, 0.25) is 0 Å². The Morgan fingerprint density at radius 3 is 2.61 bits per heavy atom. The Hall–Kier alpha value is -3.82. The molecular formula is C23H20F3N3O4. The summed E-state index contributed by atoms with van der Waals surface area (Å²) in [6.07, 6.45) is -2.57. The molecule has 3 aromatic rings. The van der Waals surface area contributed by atoms with Crippen molar-refractivity contribution in [1.82, 2.24) is 9.97 Å². The van der Waals surface area contributed by atoms with Crippen LogP contribution in [0.15, 0.2) is 54.7 Å². The number of carbonyl (C=O) groups is 1. The fourth-order valence-corrected chi connectivity index (χ4v) is 3.43. The maximum atomic E-state index is 12.4. The molecule has 0 aliphatic carbocycles. The van der Waals surface area contributed by atoms with E-state index < -0.39 is 12.3 Å². The van der Waals surface area contributed by atoms with Crippen molar-refractivity contribution in [3.05, 3.63) is 71.4 Å². The van der Waals surface area contributed by atoms with Crippen LogP contribution in [-0.2, 0) is 17.8 Å². The number of nitrogens with zero attached hydrogens (tertiary/aromatic N) is 3. The minimum Gasteiger partial charge on any atom is -0.472 e. The van der Waals surface area contributed by atoms with Gasteiger partial charge in [0, 0.05) is 12.2 Å². The quantitative estimate of drug-likeness (QED) is 0.469. The first-order valence-electron chi connectivity index (χ1n) is 10.2. The van der Waals surface area contributed by atoms with Crippen LogP contribution in [-0.4, -0.2) is 35.5 Å². The molecule has 0 N–H and O–H groups in total. The second-order valence-corrected chi connectivity index (χ2v) is 7.12. The van der Waals surface area contributed by atoms with E-state index in [0.717, 1.165) is 12.1 Å². The second kappa shape index (κ2) is 9.35. The topological polar surface area (TPSA) is 73.8 Å². The standard InChI is InChI=1S/C23H20F3N3O4/c1-2-31-21(30)18-13-27-22(29-12-11-16-5-3-4-6-19(16)29)28-20(18)32-14-15-7-9-17(10-8-15)33-23(24,25)26/h3-10,13H,2,11-12,14H2,1H3. The molecule has 0 amide bonds. The molecule has 0 saturated carbocycles. The average Bonchev–Trinajstić information content (AvgIpc) is 3.22. The van der Waals surface area contributed by atoms with Crippen molar-refractivity contribution >= 4 is 17.6 Å². The number of para-hydroxylation sites is 1. The number of fused-ring (bicyclic) bond motifs is 1. The summed E-state index contributed by atoms with van der Waals surface area (Å²) in [4.78, 5) is 23.1. The van der Waals surface area contributed by atoms with Crippen molar-refractivity contribution in [3.8, 4) is 11.6 Å². The van der Waals surface area contributed by atoms with Crippen molar-refractivity contribution in [3.63, 3.8) is 0 Å². The van der Waals surface area contributed by atoms with Crippen molar-refractivity contribution in [1.29, 1.82) is 0 Å². The van der Waals surface area contributed by atoms with Gasteiger partial charge in [-0.15, -0.1) is 13.2 Å². The van der Waals surface area contributed by atoms with E-state index in [1.54, 1.807) is 6.92 Å². The molecule has 0 spiro atoms. The number of rotatable bonds is 7. The molecule has 2 aromatic carbocycles. The number of benzene rings is 2. The fourth-order valence-electron chi connectivity index (χ4n) is 3.43. The van der Waals surface area contributed by atoms with Crippen LogP contribution < -0.4 is 14.4 Å². The molecule has 1 aliphatic rings. The van der Waals surface area contributed by atoms with Crippen molar-refractivity contribution in [2.24, 2.45) is 0 Å². The van der Waals surface area contributed by atoms with Crippen LogP contribution in [0.1, 0.15) is 28.4 Å². The first-order valence-corrected chi connectivity index (χ1v) is 10.2. The van der Waals surface area contributed by atoms with Crippen LogP contribution in [0, 0.1) is 0 Å². The van der Waals surface area contributed by atoms with Crippen molar-refractivity contribution < 1.29 is 32.2 Å². The molecule has 0 saturated heterocycles. The number of hydrogen-bond acceptors (Lipinski definition) is 7. The lowest BCUT2D eigenvalue weighted by Gasteiger charge is -2.19. The number of halogens is 3. The lowest BCUT2D eigenvalue weighted by molar-refractivity contribution is -0.274. The highest BCUT2D eigenvalue weighted by Crippen LogP contribution is 2.33. The molecular weight excluding hydrogens is 439 g/mol. The molecule has 0 fully saturated rings. The Morgan fingerprint density at radius 2 is 1.88 bits per heavy atom. The van der Waals surface area contributed by atoms with E-state index in [1.807, 2.05) is 29.2 Å². The van der Waals surface area contributed by atoms with Crippen molar-refractivity contribution in [2.75, 3.05) is 18.1 Å². The zero-order valence-corrected chi connectivity index (χ0v) is 17.6. The van der Waals surface area contributed by atoms with Gasteiger partial charge in [-0.2, -0.15) is 4.98 Å². The highest BCUT2D eigenvalue weighted by Gasteiger charge is 2.31. The Balaban J connectivity index is 1.56. The summed E-state index contributed by atoms with van der Waals surface area (Å²) in [6, 6.07) is 13.1. The number of anilines is 2. The van der Waals surface area contributed by atoms with Gasteiger partial charge in [0.25, 0.3) is 0 Å². The van der Waals surface area contributed by atoms with Gasteiger partial charge in [-0.05, 0) is 42.7 Å². The summed E-state index contributed by atoms with van der Waals surface area (Å²) in [5.74, 6) is -0.569. The number of alkyl halides is 3. The third-order valence-corrected chi connectivity index (χ3v) is 4.90. The predicted molar refractivity (Wildman–Crippen MR) is 113 cm³/mol. The zero-order chi connectivity index (χ0) is 23.4. The van der Waals surface area contributed by atoms with Gasteiger partial charge in [0.15, 0.2) is 0 Å². The Kier molecular flexibility index (Phi) is 6.34. The van der Waals surface area contributed by atoms with E-state index in [4.69, 9.17) is 9.47 Å². The van der Waals surface area contributed by atoms with E-state index >= 15 is 0 Å². The summed E-state index contributed by atoms with van der Waals surface area (Å²) in [6.45, 7) is 2.49. The van der Waals surface area contributed by atoms with Crippen LogP contribution in [0.3, 0.4) is 0 Å². The molecule has 0 atom stereocenters. The smallest absolute Gasteiger partial charge is 0.472 e. The summed E-state index contributed by atoms with van der Waals surface area (Å²) in [5, 5.41) is 0. The van der Waals surface area contributed by atoms with E-state index in [-0.39, 0.29) is 30.4 Å². The summed E-state index contributed by atoms with van der Waals surface area (Å²) < 4.78 is 51.7. The SMILES string of the molecule is CCOC(=O)c1cnc(N2CCc3ccccc32)nc1OCc1ccc(OC(F)(F)F)cc1. The summed E-state index contributed by atoms with van der Waals surface area (Å²) in [7, 11) is 0. The van der Waals surface area contributed by atoms with Gasteiger partial charge in [0.1, 0.15) is 17.9 Å². The van der Waals surface area contributed by atoms with E-state index in [0.29, 0.717) is 18.1 Å². The molecule has 10 heteroatoms. The minimum atomic E-state index is -4.77. The Morgan fingerprint density at radius 1 is 1.12 bits per heavy atom. The minimum absolute atomic E-state index is 0.0263. The number of esters is 1. The number of carbonyl (C=O) groups excluding carboxylic acids is 1. The normalized spacial score (nSPS) is 12.9. The molecule has 172 valence electrons. The molecule has 0 radical (unpaired) electrons. The molecule has 1 aliphatic heterocycles. The Bertz CT molecular complexity index is 1140. The highest BCUT2D eigenvalue weighted by atomic mass is 19.4. The van der Waals surface area contributed by atoms with Gasteiger partial charge in [-0.25, -0.2) is 9.78 Å². The van der Waals surface area contributed by atoms with E-state index in [9.17, 15) is 18.0 Å². The third kappa shape index (κ3) is 5.33. The van der Waals surface area contributed by atoms with Crippen molar-refractivity contribution in [2.45, 2.75) is 26.3 Å². The molecule has 2 heterocycles. The van der Waals surface area contributed by atoms with Gasteiger partial charge < -0.3 is 19.1 Å². The number of hydrogen-bond donors (Lipinski definition) is 0. The second-order valence-electron chi connectivity index (χ2n) is 7.12. The van der Waals surface area contributed by atoms with Crippen LogP contribution in [0.25, 0.3) is 0 Å². The molecule has 4 rings (SSSR count). The van der Waals surface area contributed by atoms with Gasteiger partial charge in [0.2, 0.25) is 11.8 Å². The maximum Gasteiger partial charge on any atom is 0.573 e. The molecule has 0 unspecified atom stereocenters. The average molecular weight is 459 g/mol. The Labute approximate surface area is 187 Å². The van der Waals surface area contributed by atoms with Crippen LogP contribution in [0.4, 0.5) is 24.8 Å². The monoisotopic (exact) mass is 459 g/mol. The zero-order valence-electron chi connectivity index (χ0n) is 17.6. The van der Waals surface area contributed by atoms with E-state index in [2.05, 4.69) is 14.7 Å². The van der Waals surface area contributed by atoms with Gasteiger partial charge >= 0.3 is 12.3 Å². The lowest BCUT2D eigenvalue weighted by Crippen LogP contribution is -2.18. The fraction of sp³-hybridized carbons (Fsp3) is 0.261. The highest BCUT2D eigenvalue weighted by molar-refractivity contribution is 5.91. The van der Waals surface area contributed by atoms with Gasteiger partial charge in [-0.1, -0.05) is 30.3 Å². The van der Waals surface area contributed by atoms with E-state index in [1.165, 1.54) is 36.0 Å². The van der Waals surface area contributed by atoms with Gasteiger partial charge in [-0.3, -0.25) is 0 Å². The first-order chi connectivity index (χ1) is 15.8. The summed E-state index contributed by atoms with van der Waals surface area (Å²) >= 11 is 0. The summed E-state index contributed by atoms with van der Waals surface area (Å²) in [5.41, 5.74) is 2.77. The number of aromatic nitrogens is 2. The molecule has 0 bridgehead atoms.